The number of amides is 2. The second-order valence-electron chi connectivity index (χ2n) is 3.67. The summed E-state index contributed by atoms with van der Waals surface area (Å²) in [7, 11) is 0. The van der Waals surface area contributed by atoms with Crippen molar-refractivity contribution in [2.75, 3.05) is 0 Å². The summed E-state index contributed by atoms with van der Waals surface area (Å²) in [5.41, 5.74) is 4.98. The summed E-state index contributed by atoms with van der Waals surface area (Å²) in [4.78, 5) is 11.4. The molecule has 1 atom stereocenters. The van der Waals surface area contributed by atoms with Gasteiger partial charge in [-0.2, -0.15) is 5.06 Å². The summed E-state index contributed by atoms with van der Waals surface area (Å²) in [6.07, 6.45) is 0. The van der Waals surface area contributed by atoms with Gasteiger partial charge in [0.1, 0.15) is 5.75 Å². The Labute approximate surface area is 102 Å². The molecule has 0 saturated carbocycles. The number of urea groups is 1. The second kappa shape index (κ2) is 4.23. The zero-order valence-corrected chi connectivity index (χ0v) is 9.94. The van der Waals surface area contributed by atoms with Gasteiger partial charge >= 0.3 is 6.03 Å². The third kappa shape index (κ3) is 1.92. The van der Waals surface area contributed by atoms with E-state index in [9.17, 15) is 15.1 Å². The molecule has 4 N–H and O–H groups in total. The summed E-state index contributed by atoms with van der Waals surface area (Å²) in [5.74, 6) is 0.0819. The summed E-state index contributed by atoms with van der Waals surface area (Å²) in [6.45, 7) is 1.59. The molecule has 1 unspecified atom stereocenters. The number of carbonyl (C=O) groups excluding carboxylic acids is 1. The Kier molecular flexibility index (Phi) is 2.91. The zero-order valence-electron chi connectivity index (χ0n) is 9.12. The Morgan fingerprint density at radius 1 is 1.47 bits per heavy atom. The molecule has 1 aromatic heterocycles. The van der Waals surface area contributed by atoms with E-state index in [0.29, 0.717) is 15.3 Å². The number of rotatable bonds is 2. The highest BCUT2D eigenvalue weighted by molar-refractivity contribution is 7.19. The standard InChI is InChI=1S/C11H12N2O3S/c1-6(13(16)11(12)15)10-9(14)7-4-2-3-5-8(7)17-10/h2-6,14,16H,1H3,(H2,12,15). The van der Waals surface area contributed by atoms with Gasteiger partial charge in [-0.25, -0.2) is 4.79 Å². The summed E-state index contributed by atoms with van der Waals surface area (Å²) in [6, 6.07) is 5.69. The monoisotopic (exact) mass is 252 g/mol. The van der Waals surface area contributed by atoms with Gasteiger partial charge in [0.25, 0.3) is 0 Å². The highest BCUT2D eigenvalue weighted by atomic mass is 32.1. The van der Waals surface area contributed by atoms with Crippen LogP contribution in [0.25, 0.3) is 10.1 Å². The summed E-state index contributed by atoms with van der Waals surface area (Å²) < 4.78 is 0.893. The Balaban J connectivity index is 2.49. The minimum Gasteiger partial charge on any atom is -0.506 e. The number of thiophene rings is 1. The van der Waals surface area contributed by atoms with E-state index in [1.165, 1.54) is 11.3 Å². The third-order valence-corrected chi connectivity index (χ3v) is 3.90. The lowest BCUT2D eigenvalue weighted by Crippen LogP contribution is -2.34. The van der Waals surface area contributed by atoms with Crippen molar-refractivity contribution in [2.24, 2.45) is 5.73 Å². The number of hydroxylamine groups is 2. The van der Waals surface area contributed by atoms with Crippen LogP contribution in [-0.4, -0.2) is 21.4 Å². The van der Waals surface area contributed by atoms with E-state index in [0.717, 1.165) is 4.70 Å². The number of aromatic hydroxyl groups is 1. The first kappa shape index (κ1) is 11.7. The van der Waals surface area contributed by atoms with E-state index in [1.54, 1.807) is 13.0 Å². The Morgan fingerprint density at radius 3 is 2.71 bits per heavy atom. The van der Waals surface area contributed by atoms with Crippen LogP contribution >= 0.6 is 11.3 Å². The first-order chi connectivity index (χ1) is 8.02. The molecule has 17 heavy (non-hydrogen) atoms. The fraction of sp³-hybridized carbons (Fsp3) is 0.182. The zero-order chi connectivity index (χ0) is 12.6. The van der Waals surface area contributed by atoms with Gasteiger partial charge in [0.05, 0.1) is 10.9 Å². The Morgan fingerprint density at radius 2 is 2.12 bits per heavy atom. The van der Waals surface area contributed by atoms with Crippen LogP contribution in [0.4, 0.5) is 4.79 Å². The molecule has 0 radical (unpaired) electrons. The molecule has 1 aromatic carbocycles. The number of hydrogen-bond donors (Lipinski definition) is 3. The predicted molar refractivity (Wildman–Crippen MR) is 65.1 cm³/mol. The molecule has 2 aromatic rings. The van der Waals surface area contributed by atoms with Crippen molar-refractivity contribution in [3.63, 3.8) is 0 Å². The number of primary amides is 1. The van der Waals surface area contributed by atoms with Crippen LogP contribution in [0.5, 0.6) is 5.75 Å². The highest BCUT2D eigenvalue weighted by Crippen LogP contribution is 2.41. The van der Waals surface area contributed by atoms with E-state index in [4.69, 9.17) is 5.73 Å². The van der Waals surface area contributed by atoms with Crippen LogP contribution in [0.15, 0.2) is 24.3 Å². The van der Waals surface area contributed by atoms with E-state index in [-0.39, 0.29) is 5.75 Å². The number of benzene rings is 1. The second-order valence-corrected chi connectivity index (χ2v) is 4.75. The molecule has 2 rings (SSSR count). The number of carbonyl (C=O) groups is 1. The quantitative estimate of drug-likeness (QED) is 0.566. The largest absolute Gasteiger partial charge is 0.506 e. The number of fused-ring (bicyclic) bond motifs is 1. The van der Waals surface area contributed by atoms with Crippen molar-refractivity contribution in [1.82, 2.24) is 5.06 Å². The maximum atomic E-state index is 10.9. The van der Waals surface area contributed by atoms with Gasteiger partial charge in [0.2, 0.25) is 0 Å². The van der Waals surface area contributed by atoms with Crippen LogP contribution in [-0.2, 0) is 0 Å². The van der Waals surface area contributed by atoms with Crippen molar-refractivity contribution < 1.29 is 15.1 Å². The van der Waals surface area contributed by atoms with E-state index < -0.39 is 12.1 Å². The third-order valence-electron chi connectivity index (χ3n) is 2.57. The van der Waals surface area contributed by atoms with Crippen molar-refractivity contribution in [3.05, 3.63) is 29.1 Å². The van der Waals surface area contributed by atoms with Crippen molar-refractivity contribution >= 4 is 27.5 Å². The van der Waals surface area contributed by atoms with Gasteiger partial charge in [0.15, 0.2) is 0 Å². The molecular formula is C11H12N2O3S. The highest BCUT2D eigenvalue weighted by Gasteiger charge is 2.23. The number of nitrogens with two attached hydrogens (primary N) is 1. The number of nitrogens with zero attached hydrogens (tertiary/aromatic N) is 1. The normalized spacial score (nSPS) is 12.6. The molecule has 0 spiro atoms. The van der Waals surface area contributed by atoms with Crippen LogP contribution < -0.4 is 5.73 Å². The molecule has 90 valence electrons. The topological polar surface area (TPSA) is 86.8 Å². The van der Waals surface area contributed by atoms with Crippen LogP contribution in [0.1, 0.15) is 17.8 Å². The lowest BCUT2D eigenvalue weighted by atomic mass is 10.2. The van der Waals surface area contributed by atoms with Crippen molar-refractivity contribution in [1.29, 1.82) is 0 Å². The van der Waals surface area contributed by atoms with Crippen molar-refractivity contribution in [2.45, 2.75) is 13.0 Å². The molecular weight excluding hydrogens is 240 g/mol. The first-order valence-corrected chi connectivity index (χ1v) is 5.82. The van der Waals surface area contributed by atoms with E-state index in [1.807, 2.05) is 18.2 Å². The molecule has 2 amide bonds. The summed E-state index contributed by atoms with van der Waals surface area (Å²) >= 11 is 1.32. The molecule has 0 aliphatic heterocycles. The van der Waals surface area contributed by atoms with E-state index in [2.05, 4.69) is 0 Å². The molecule has 1 heterocycles. The number of hydrogen-bond acceptors (Lipinski definition) is 4. The fourth-order valence-corrected chi connectivity index (χ4v) is 2.77. The van der Waals surface area contributed by atoms with Gasteiger partial charge in [0, 0.05) is 10.1 Å². The van der Waals surface area contributed by atoms with Gasteiger partial charge in [-0.05, 0) is 19.1 Å². The fourth-order valence-electron chi connectivity index (χ4n) is 1.64. The average molecular weight is 252 g/mol. The maximum absolute atomic E-state index is 10.9. The van der Waals surface area contributed by atoms with Gasteiger partial charge in [-0.15, -0.1) is 11.3 Å². The average Bonchev–Trinajstić information content (AvgIpc) is 2.65. The molecule has 5 nitrogen and oxygen atoms in total. The van der Waals surface area contributed by atoms with Crippen LogP contribution in [0, 0.1) is 0 Å². The summed E-state index contributed by atoms with van der Waals surface area (Å²) in [5, 5.41) is 20.6. The van der Waals surface area contributed by atoms with Gasteiger partial charge < -0.3 is 10.8 Å². The minimum atomic E-state index is -0.950. The molecule has 0 saturated heterocycles. The smallest absolute Gasteiger partial charge is 0.339 e. The Bertz CT molecular complexity index is 567. The van der Waals surface area contributed by atoms with Gasteiger partial charge in [-0.3, -0.25) is 5.21 Å². The lowest BCUT2D eigenvalue weighted by molar-refractivity contribution is -0.0704. The molecule has 0 fully saturated rings. The van der Waals surface area contributed by atoms with Crippen LogP contribution in [0.2, 0.25) is 0 Å². The molecule has 0 aliphatic rings. The van der Waals surface area contributed by atoms with Crippen molar-refractivity contribution in [3.8, 4) is 5.75 Å². The van der Waals surface area contributed by atoms with Gasteiger partial charge in [-0.1, -0.05) is 12.1 Å². The van der Waals surface area contributed by atoms with E-state index >= 15 is 0 Å². The van der Waals surface area contributed by atoms with Crippen LogP contribution in [0.3, 0.4) is 0 Å². The molecule has 0 bridgehead atoms. The Hall–Kier alpha value is -1.79. The molecule has 0 aliphatic carbocycles. The maximum Gasteiger partial charge on any atom is 0.339 e. The SMILES string of the molecule is CC(c1sc2ccccc2c1O)N(O)C(N)=O. The minimum absolute atomic E-state index is 0.0819. The molecule has 6 heteroatoms. The lowest BCUT2D eigenvalue weighted by Gasteiger charge is -2.19. The first-order valence-electron chi connectivity index (χ1n) is 5.00. The predicted octanol–water partition coefficient (Wildman–Crippen LogP) is 2.44.